The van der Waals surface area contributed by atoms with E-state index in [1.54, 1.807) is 13.8 Å². The largest absolute Gasteiger partial charge is 0.378 e. The van der Waals surface area contributed by atoms with Gasteiger partial charge in [-0.25, -0.2) is 19.6 Å². The van der Waals surface area contributed by atoms with Crippen LogP contribution >= 0.6 is 0 Å². The molecule has 4 heterocycles. The van der Waals surface area contributed by atoms with Gasteiger partial charge in [-0.3, -0.25) is 24.1 Å². The summed E-state index contributed by atoms with van der Waals surface area (Å²) in [4.78, 5) is 71.5. The van der Waals surface area contributed by atoms with E-state index in [0.717, 1.165) is 24.2 Å². The number of nitrogens with one attached hydrogen (secondary N) is 4. The number of hydrogen-bond acceptors (Lipinski definition) is 11. The number of ether oxygens (including phenoxy) is 1. The van der Waals surface area contributed by atoms with Crippen LogP contribution in [0.25, 0.3) is 0 Å². The Hall–Kier alpha value is -4.96. The minimum absolute atomic E-state index is 0.0893. The molecule has 5 rings (SSSR count). The summed E-state index contributed by atoms with van der Waals surface area (Å²) in [5.74, 6) is 0.0234. The van der Waals surface area contributed by atoms with Crippen LogP contribution in [-0.4, -0.2) is 111 Å². The van der Waals surface area contributed by atoms with E-state index >= 15 is 0 Å². The first-order valence-electron chi connectivity index (χ1n) is 18.0. The standard InChI is InChI=1S/C36H51N11O5/c1-24(2)32-33-41-26(4)44-47(33)23-31(49)37-12-14-45(22-28-20-38-36(39-21-28)46-15-17-52-18-16-46)13-8-11-30(48)40-25(3)34(50)42-29(35(51)43-32)19-27-9-6-5-7-10-27/h5-7,9-10,20-21,24-25,29,32H,8,11-19,22-23H2,1-4H3,(H,37,49)(H,40,48)(H,42,50)(H,43,51)/t25-,29+,32-/m0/s1. The molecule has 52 heavy (non-hydrogen) atoms. The van der Waals surface area contributed by atoms with Gasteiger partial charge in [-0.15, -0.1) is 0 Å². The van der Waals surface area contributed by atoms with Gasteiger partial charge in [0.2, 0.25) is 29.6 Å². The van der Waals surface area contributed by atoms with Crippen LogP contribution in [0.5, 0.6) is 0 Å². The number of morpholine rings is 1. The van der Waals surface area contributed by atoms with E-state index in [1.165, 1.54) is 4.68 Å². The lowest BCUT2D eigenvalue weighted by Crippen LogP contribution is -2.54. The van der Waals surface area contributed by atoms with Crippen LogP contribution in [0.1, 0.15) is 62.4 Å². The van der Waals surface area contributed by atoms with Crippen LogP contribution in [0.3, 0.4) is 0 Å². The zero-order chi connectivity index (χ0) is 37.0. The van der Waals surface area contributed by atoms with Gasteiger partial charge in [0.15, 0.2) is 5.82 Å². The van der Waals surface area contributed by atoms with Crippen LogP contribution < -0.4 is 26.2 Å². The second-order valence-electron chi connectivity index (χ2n) is 13.7. The smallest absolute Gasteiger partial charge is 0.243 e. The van der Waals surface area contributed by atoms with Crippen molar-refractivity contribution >= 4 is 29.6 Å². The van der Waals surface area contributed by atoms with Gasteiger partial charge in [0.25, 0.3) is 0 Å². The first kappa shape index (κ1) is 38.3. The fourth-order valence-corrected chi connectivity index (χ4v) is 6.23. The lowest BCUT2D eigenvalue weighted by molar-refractivity contribution is -0.132. The quantitative estimate of drug-likeness (QED) is 0.281. The van der Waals surface area contributed by atoms with E-state index < -0.39 is 29.9 Å². The molecule has 4 amide bonds. The number of aromatic nitrogens is 5. The van der Waals surface area contributed by atoms with E-state index in [9.17, 15) is 19.2 Å². The molecule has 1 aromatic carbocycles. The highest BCUT2D eigenvalue weighted by molar-refractivity contribution is 5.92. The predicted molar refractivity (Wildman–Crippen MR) is 193 cm³/mol. The van der Waals surface area contributed by atoms with Crippen molar-refractivity contribution < 1.29 is 23.9 Å². The molecule has 4 N–H and O–H groups in total. The first-order chi connectivity index (χ1) is 25.0. The number of fused-ring (bicyclic) bond motifs is 1. The maximum absolute atomic E-state index is 13.9. The topological polar surface area (TPSA) is 189 Å². The van der Waals surface area contributed by atoms with E-state index in [1.807, 2.05) is 56.6 Å². The molecule has 2 aromatic heterocycles. The third-order valence-electron chi connectivity index (χ3n) is 9.05. The molecule has 1 fully saturated rings. The van der Waals surface area contributed by atoms with Gasteiger partial charge in [-0.1, -0.05) is 44.2 Å². The summed E-state index contributed by atoms with van der Waals surface area (Å²) in [6, 6.07) is 6.97. The Morgan fingerprint density at radius 3 is 2.33 bits per heavy atom. The lowest BCUT2D eigenvalue weighted by atomic mass is 10.0. The van der Waals surface area contributed by atoms with Crippen LogP contribution in [-0.2, 0) is 43.4 Å². The number of nitrogens with zero attached hydrogens (tertiary/aromatic N) is 7. The predicted octanol–water partition coefficient (Wildman–Crippen LogP) is 0.671. The van der Waals surface area contributed by atoms with Crippen LogP contribution in [0.4, 0.5) is 5.95 Å². The molecule has 0 aliphatic carbocycles. The summed E-state index contributed by atoms with van der Waals surface area (Å²) in [7, 11) is 0. The second kappa shape index (κ2) is 18.5. The van der Waals surface area contributed by atoms with Gasteiger partial charge in [0.1, 0.15) is 24.5 Å². The Bertz CT molecular complexity index is 1640. The molecule has 0 saturated carbocycles. The molecule has 1 saturated heterocycles. The van der Waals surface area contributed by atoms with Crippen molar-refractivity contribution in [3.63, 3.8) is 0 Å². The molecule has 3 aromatic rings. The summed E-state index contributed by atoms with van der Waals surface area (Å²) >= 11 is 0. The highest BCUT2D eigenvalue weighted by atomic mass is 16.5. The Kier molecular flexibility index (Phi) is 13.6. The number of aryl methyl sites for hydroxylation is 1. The molecule has 280 valence electrons. The monoisotopic (exact) mass is 717 g/mol. The molecule has 16 heteroatoms. The van der Waals surface area contributed by atoms with Gasteiger partial charge in [-0.05, 0) is 38.3 Å². The number of carbonyl (C=O) groups is 4. The van der Waals surface area contributed by atoms with Gasteiger partial charge in [-0.2, -0.15) is 5.10 Å². The fourth-order valence-electron chi connectivity index (χ4n) is 6.23. The van der Waals surface area contributed by atoms with Crippen molar-refractivity contribution in [1.29, 1.82) is 0 Å². The van der Waals surface area contributed by atoms with E-state index in [-0.39, 0.29) is 37.1 Å². The third-order valence-corrected chi connectivity index (χ3v) is 9.05. The molecule has 16 nitrogen and oxygen atoms in total. The van der Waals surface area contributed by atoms with Gasteiger partial charge < -0.3 is 30.9 Å². The molecule has 2 aliphatic rings. The number of carbonyl (C=O) groups excluding carboxylic acids is 4. The van der Waals surface area contributed by atoms with Crippen molar-refractivity contribution in [1.82, 2.24) is 50.9 Å². The number of benzene rings is 1. The zero-order valence-corrected chi connectivity index (χ0v) is 30.5. The molecule has 0 unspecified atom stereocenters. The fraction of sp³-hybridized carbons (Fsp3) is 0.556. The maximum Gasteiger partial charge on any atom is 0.243 e. The average molecular weight is 718 g/mol. The Morgan fingerprint density at radius 2 is 1.62 bits per heavy atom. The molecule has 0 radical (unpaired) electrons. The summed E-state index contributed by atoms with van der Waals surface area (Å²) in [5, 5.41) is 16.2. The summed E-state index contributed by atoms with van der Waals surface area (Å²) < 4.78 is 6.96. The van der Waals surface area contributed by atoms with Crippen molar-refractivity contribution in [2.24, 2.45) is 5.92 Å². The third kappa shape index (κ3) is 11.0. The highest BCUT2D eigenvalue weighted by Crippen LogP contribution is 2.21. The van der Waals surface area contributed by atoms with Crippen molar-refractivity contribution in [2.45, 2.75) is 78.2 Å². The molecule has 0 bridgehead atoms. The van der Waals surface area contributed by atoms with Crippen LogP contribution in [0, 0.1) is 12.8 Å². The molecule has 3 atom stereocenters. The molecular weight excluding hydrogens is 666 g/mol. The van der Waals surface area contributed by atoms with Crippen molar-refractivity contribution in [2.75, 3.05) is 50.8 Å². The SMILES string of the molecule is Cc1nc2n(n1)CC(=O)NCCN(Cc1cnc(N3CCOCC3)nc1)CCCC(=O)N[C@@H](C)C(=O)N[C@H](Cc1ccccc1)C(=O)N[C@H]2C(C)C. The van der Waals surface area contributed by atoms with Gasteiger partial charge >= 0.3 is 0 Å². The van der Waals surface area contributed by atoms with E-state index in [0.29, 0.717) is 63.4 Å². The number of amides is 4. The van der Waals surface area contributed by atoms with Gasteiger partial charge in [0, 0.05) is 63.5 Å². The zero-order valence-electron chi connectivity index (χ0n) is 30.5. The number of anilines is 1. The molecular formula is C36H51N11O5. The highest BCUT2D eigenvalue weighted by Gasteiger charge is 2.31. The van der Waals surface area contributed by atoms with Crippen LogP contribution in [0.2, 0.25) is 0 Å². The maximum atomic E-state index is 13.9. The summed E-state index contributed by atoms with van der Waals surface area (Å²) in [6.45, 7) is 11.8. The van der Waals surface area contributed by atoms with E-state index in [2.05, 4.69) is 51.1 Å². The van der Waals surface area contributed by atoms with Crippen LogP contribution in [0.15, 0.2) is 42.7 Å². The summed E-state index contributed by atoms with van der Waals surface area (Å²) in [5.41, 5.74) is 1.76. The normalized spacial score (nSPS) is 22.2. The second-order valence-corrected chi connectivity index (χ2v) is 13.7. The Labute approximate surface area is 304 Å². The summed E-state index contributed by atoms with van der Waals surface area (Å²) in [6.07, 6.45) is 4.55. The first-order valence-corrected chi connectivity index (χ1v) is 18.0. The van der Waals surface area contributed by atoms with Gasteiger partial charge in [0.05, 0.1) is 19.3 Å². The van der Waals surface area contributed by atoms with Crippen molar-refractivity contribution in [3.05, 3.63) is 65.5 Å². The molecule has 0 spiro atoms. The van der Waals surface area contributed by atoms with Crippen molar-refractivity contribution in [3.8, 4) is 0 Å². The number of hydrogen-bond donors (Lipinski definition) is 4. The Balaban J connectivity index is 1.34. The number of rotatable bonds is 6. The Morgan fingerprint density at radius 1 is 0.885 bits per heavy atom. The van der Waals surface area contributed by atoms with E-state index in [4.69, 9.17) is 4.74 Å². The average Bonchev–Trinajstić information content (AvgIpc) is 3.49. The minimum Gasteiger partial charge on any atom is -0.378 e. The molecule has 2 aliphatic heterocycles. The minimum atomic E-state index is -0.942. The lowest BCUT2D eigenvalue weighted by Gasteiger charge is -2.27.